The van der Waals surface area contributed by atoms with Crippen molar-refractivity contribution in [3.05, 3.63) is 27.5 Å². The number of nitrogens with zero attached hydrogens (tertiary/aromatic N) is 1. The van der Waals surface area contributed by atoms with Crippen molar-refractivity contribution < 1.29 is 0 Å². The van der Waals surface area contributed by atoms with E-state index in [2.05, 4.69) is 27.0 Å². The summed E-state index contributed by atoms with van der Waals surface area (Å²) in [4.78, 5) is 4.31. The average molecular weight is 247 g/mol. The van der Waals surface area contributed by atoms with Crippen molar-refractivity contribution in [2.45, 2.75) is 25.2 Å². The average Bonchev–Trinajstić information content (AvgIpc) is 1.93. The van der Waals surface area contributed by atoms with Crippen molar-refractivity contribution in [1.29, 1.82) is 0 Å². The van der Waals surface area contributed by atoms with E-state index in [4.69, 9.17) is 11.6 Å². The van der Waals surface area contributed by atoms with Crippen molar-refractivity contribution in [3.8, 4) is 0 Å². The van der Waals surface area contributed by atoms with Gasteiger partial charge in [0.25, 0.3) is 0 Å². The maximum absolute atomic E-state index is 5.88. The third-order valence-electron chi connectivity index (χ3n) is 2.35. The van der Waals surface area contributed by atoms with Gasteiger partial charge in [0.05, 0.1) is 4.47 Å². The van der Waals surface area contributed by atoms with E-state index in [1.165, 1.54) is 19.3 Å². The molecule has 1 aromatic rings. The van der Waals surface area contributed by atoms with Gasteiger partial charge in [0.15, 0.2) is 0 Å². The molecule has 0 spiro atoms. The van der Waals surface area contributed by atoms with Gasteiger partial charge in [0.2, 0.25) is 0 Å². The van der Waals surface area contributed by atoms with E-state index in [-0.39, 0.29) is 0 Å². The third kappa shape index (κ3) is 1.50. The summed E-state index contributed by atoms with van der Waals surface area (Å²) >= 11 is 9.20. The van der Waals surface area contributed by atoms with E-state index in [9.17, 15) is 0 Å². The summed E-state index contributed by atoms with van der Waals surface area (Å²) in [7, 11) is 0. The fraction of sp³-hybridized carbons (Fsp3) is 0.444. The van der Waals surface area contributed by atoms with Crippen LogP contribution in [0.4, 0.5) is 0 Å². The Balaban J connectivity index is 2.27. The molecule has 0 saturated heterocycles. The molecule has 1 aromatic heterocycles. The molecule has 0 atom stereocenters. The summed E-state index contributed by atoms with van der Waals surface area (Å²) in [6.07, 6.45) is 3.87. The van der Waals surface area contributed by atoms with Gasteiger partial charge >= 0.3 is 0 Å². The molecule has 0 unspecified atom stereocenters. The summed E-state index contributed by atoms with van der Waals surface area (Å²) < 4.78 is 0.882. The topological polar surface area (TPSA) is 12.9 Å². The second-order valence-electron chi connectivity index (χ2n) is 3.14. The van der Waals surface area contributed by atoms with Crippen LogP contribution in [0.25, 0.3) is 0 Å². The molecular weight excluding hydrogens is 237 g/mol. The van der Waals surface area contributed by atoms with E-state index >= 15 is 0 Å². The maximum atomic E-state index is 5.88. The number of aromatic nitrogens is 1. The summed E-state index contributed by atoms with van der Waals surface area (Å²) in [6.45, 7) is 0. The van der Waals surface area contributed by atoms with E-state index < -0.39 is 0 Å². The van der Waals surface area contributed by atoms with Crippen molar-refractivity contribution >= 4 is 27.5 Å². The minimum atomic E-state index is 0.583. The molecule has 0 aromatic carbocycles. The predicted octanol–water partition coefficient (Wildman–Crippen LogP) is 3.77. The van der Waals surface area contributed by atoms with Crippen LogP contribution >= 0.6 is 27.5 Å². The van der Waals surface area contributed by atoms with Gasteiger partial charge in [-0.25, -0.2) is 4.98 Å². The highest BCUT2D eigenvalue weighted by Gasteiger charge is 2.20. The molecule has 1 fully saturated rings. The molecule has 2 rings (SSSR count). The van der Waals surface area contributed by atoms with E-state index in [0.717, 1.165) is 10.2 Å². The zero-order chi connectivity index (χ0) is 8.55. The van der Waals surface area contributed by atoms with Gasteiger partial charge in [-0.2, -0.15) is 0 Å². The zero-order valence-electron chi connectivity index (χ0n) is 6.56. The van der Waals surface area contributed by atoms with Crippen LogP contribution in [-0.4, -0.2) is 4.98 Å². The molecule has 0 amide bonds. The van der Waals surface area contributed by atoms with Gasteiger partial charge in [-0.3, -0.25) is 0 Å². The van der Waals surface area contributed by atoms with Gasteiger partial charge in [0.1, 0.15) is 5.15 Å². The minimum absolute atomic E-state index is 0.583. The van der Waals surface area contributed by atoms with Crippen LogP contribution in [0.3, 0.4) is 0 Å². The molecule has 1 heterocycles. The van der Waals surface area contributed by atoms with E-state index in [0.29, 0.717) is 11.1 Å². The fourth-order valence-corrected chi connectivity index (χ4v) is 1.74. The molecule has 0 radical (unpaired) electrons. The first-order valence-corrected chi connectivity index (χ1v) is 5.26. The molecule has 1 saturated carbocycles. The summed E-state index contributed by atoms with van der Waals surface area (Å²) in [6, 6.07) is 4.03. The van der Waals surface area contributed by atoms with Gasteiger partial charge in [-0.1, -0.05) is 18.0 Å². The molecule has 1 aliphatic carbocycles. The Kier molecular flexibility index (Phi) is 2.37. The van der Waals surface area contributed by atoms with Gasteiger partial charge in [0, 0.05) is 11.6 Å². The monoisotopic (exact) mass is 245 g/mol. The standard InChI is InChI=1S/C9H9BrClN/c10-7-4-5-8(12-9(7)11)6-2-1-3-6/h4-6H,1-3H2. The fourth-order valence-electron chi connectivity index (χ4n) is 1.36. The lowest BCUT2D eigenvalue weighted by molar-refractivity contribution is 0.411. The van der Waals surface area contributed by atoms with Crippen LogP contribution in [0.2, 0.25) is 5.15 Å². The first kappa shape index (κ1) is 8.52. The van der Waals surface area contributed by atoms with Crippen LogP contribution in [0.5, 0.6) is 0 Å². The molecule has 0 aliphatic heterocycles. The highest BCUT2D eigenvalue weighted by molar-refractivity contribution is 9.10. The van der Waals surface area contributed by atoms with Crippen LogP contribution in [-0.2, 0) is 0 Å². The Morgan fingerprint density at radius 1 is 1.42 bits per heavy atom. The molecule has 12 heavy (non-hydrogen) atoms. The van der Waals surface area contributed by atoms with Crippen LogP contribution in [0, 0.1) is 0 Å². The van der Waals surface area contributed by atoms with Gasteiger partial charge in [-0.05, 0) is 40.9 Å². The smallest absolute Gasteiger partial charge is 0.143 e. The SMILES string of the molecule is Clc1nc(C2CCC2)ccc1Br. The van der Waals surface area contributed by atoms with Crippen LogP contribution in [0.1, 0.15) is 30.9 Å². The lowest BCUT2D eigenvalue weighted by Crippen LogP contribution is -2.10. The third-order valence-corrected chi connectivity index (χ3v) is 3.50. The number of pyridine rings is 1. The Morgan fingerprint density at radius 2 is 2.17 bits per heavy atom. The van der Waals surface area contributed by atoms with Gasteiger partial charge in [-0.15, -0.1) is 0 Å². The number of hydrogen-bond donors (Lipinski definition) is 0. The van der Waals surface area contributed by atoms with E-state index in [1.807, 2.05) is 6.07 Å². The molecule has 1 aliphatic rings. The lowest BCUT2D eigenvalue weighted by atomic mass is 9.83. The molecule has 1 nitrogen and oxygen atoms in total. The first-order chi connectivity index (χ1) is 5.77. The Bertz CT molecular complexity index is 297. The largest absolute Gasteiger partial charge is 0.240 e. The van der Waals surface area contributed by atoms with Crippen LogP contribution < -0.4 is 0 Å². The zero-order valence-corrected chi connectivity index (χ0v) is 8.90. The second-order valence-corrected chi connectivity index (χ2v) is 4.35. The Hall–Kier alpha value is -0.0800. The Morgan fingerprint density at radius 3 is 2.67 bits per heavy atom. The Labute approximate surface area is 85.3 Å². The summed E-state index contributed by atoms with van der Waals surface area (Å²) in [5.74, 6) is 0.663. The van der Waals surface area contributed by atoms with Crippen molar-refractivity contribution in [3.63, 3.8) is 0 Å². The normalized spacial score (nSPS) is 17.5. The van der Waals surface area contributed by atoms with Gasteiger partial charge < -0.3 is 0 Å². The molecule has 3 heteroatoms. The quantitative estimate of drug-likeness (QED) is 0.688. The maximum Gasteiger partial charge on any atom is 0.143 e. The molecule has 0 N–H and O–H groups in total. The summed E-state index contributed by atoms with van der Waals surface area (Å²) in [5.41, 5.74) is 1.15. The molecular formula is C9H9BrClN. The van der Waals surface area contributed by atoms with Crippen LogP contribution in [0.15, 0.2) is 16.6 Å². The number of halogens is 2. The first-order valence-electron chi connectivity index (χ1n) is 4.09. The van der Waals surface area contributed by atoms with Crippen molar-refractivity contribution in [2.75, 3.05) is 0 Å². The highest BCUT2D eigenvalue weighted by atomic mass is 79.9. The number of rotatable bonds is 1. The lowest BCUT2D eigenvalue weighted by Gasteiger charge is -2.24. The number of hydrogen-bond acceptors (Lipinski definition) is 1. The highest BCUT2D eigenvalue weighted by Crippen LogP contribution is 2.36. The predicted molar refractivity (Wildman–Crippen MR) is 53.5 cm³/mol. The minimum Gasteiger partial charge on any atom is -0.240 e. The molecule has 0 bridgehead atoms. The van der Waals surface area contributed by atoms with E-state index in [1.54, 1.807) is 0 Å². The van der Waals surface area contributed by atoms with Crippen molar-refractivity contribution in [2.24, 2.45) is 0 Å². The second kappa shape index (κ2) is 3.35. The summed E-state index contributed by atoms with van der Waals surface area (Å²) in [5, 5.41) is 0.583. The molecule has 64 valence electrons. The van der Waals surface area contributed by atoms with Crippen molar-refractivity contribution in [1.82, 2.24) is 4.98 Å².